The van der Waals surface area contributed by atoms with Crippen molar-refractivity contribution in [2.45, 2.75) is 19.9 Å². The van der Waals surface area contributed by atoms with Crippen molar-refractivity contribution in [1.82, 2.24) is 14.8 Å². The van der Waals surface area contributed by atoms with Gasteiger partial charge in [0.2, 0.25) is 5.91 Å². The summed E-state index contributed by atoms with van der Waals surface area (Å²) in [7, 11) is 0. The van der Waals surface area contributed by atoms with E-state index in [1.807, 2.05) is 25.3 Å². The van der Waals surface area contributed by atoms with E-state index in [1.54, 1.807) is 10.9 Å². The van der Waals surface area contributed by atoms with Gasteiger partial charge in [-0.2, -0.15) is 5.10 Å². The van der Waals surface area contributed by atoms with Crippen molar-refractivity contribution in [2.24, 2.45) is 0 Å². The quantitative estimate of drug-likeness (QED) is 0.613. The van der Waals surface area contributed by atoms with Gasteiger partial charge in [-0.25, -0.2) is 4.98 Å². The van der Waals surface area contributed by atoms with Gasteiger partial charge in [-0.05, 0) is 23.9 Å². The Hall–Kier alpha value is -2.73. The average Bonchev–Trinajstić information content (AvgIpc) is 3.18. The first-order valence-electron chi connectivity index (χ1n) is 7.76. The number of anilines is 1. The number of hydrogen-bond donors (Lipinski definition) is 1. The largest absolute Gasteiger partial charge is 0.302 e. The topological polar surface area (TPSA) is 59.8 Å². The third-order valence-electron chi connectivity index (χ3n) is 3.86. The van der Waals surface area contributed by atoms with Crippen LogP contribution in [-0.2, 0) is 11.3 Å². The third kappa shape index (κ3) is 2.88. The van der Waals surface area contributed by atoms with E-state index in [4.69, 9.17) is 0 Å². The fourth-order valence-electron chi connectivity index (χ4n) is 2.70. The first-order chi connectivity index (χ1) is 11.7. The molecule has 24 heavy (non-hydrogen) atoms. The second kappa shape index (κ2) is 6.05. The lowest BCUT2D eigenvalue weighted by atomic mass is 10.1. The molecular formula is C18H16N4OS. The summed E-state index contributed by atoms with van der Waals surface area (Å²) in [5.41, 5.74) is 2.03. The van der Waals surface area contributed by atoms with E-state index in [0.717, 1.165) is 26.6 Å². The zero-order valence-corrected chi connectivity index (χ0v) is 14.0. The minimum atomic E-state index is -0.0495. The fourth-order valence-corrected chi connectivity index (χ4v) is 3.60. The summed E-state index contributed by atoms with van der Waals surface area (Å²) >= 11 is 1.50. The predicted molar refractivity (Wildman–Crippen MR) is 97.3 cm³/mol. The maximum Gasteiger partial charge on any atom is 0.228 e. The SMILES string of the molecule is Cc1cnn(CCC(=O)Nc2nc3c(ccc4ccccc43)s2)c1. The molecule has 0 unspecified atom stereocenters. The van der Waals surface area contributed by atoms with Crippen LogP contribution in [0.25, 0.3) is 21.0 Å². The van der Waals surface area contributed by atoms with Crippen LogP contribution in [0, 0.1) is 6.92 Å². The number of fused-ring (bicyclic) bond motifs is 3. The first kappa shape index (κ1) is 14.8. The monoisotopic (exact) mass is 336 g/mol. The molecule has 0 bridgehead atoms. The van der Waals surface area contributed by atoms with Crippen molar-refractivity contribution in [2.75, 3.05) is 5.32 Å². The van der Waals surface area contributed by atoms with Gasteiger partial charge in [-0.1, -0.05) is 41.7 Å². The van der Waals surface area contributed by atoms with Crippen molar-refractivity contribution < 1.29 is 4.79 Å². The molecule has 0 saturated heterocycles. The molecule has 0 aliphatic rings. The predicted octanol–water partition coefficient (Wildman–Crippen LogP) is 3.98. The molecule has 0 atom stereocenters. The maximum atomic E-state index is 12.1. The van der Waals surface area contributed by atoms with Crippen LogP contribution in [0.4, 0.5) is 5.13 Å². The first-order valence-corrected chi connectivity index (χ1v) is 8.58. The molecule has 0 spiro atoms. The number of hydrogen-bond acceptors (Lipinski definition) is 4. The zero-order valence-electron chi connectivity index (χ0n) is 13.2. The second-order valence-corrected chi connectivity index (χ2v) is 6.76. The molecule has 0 aliphatic carbocycles. The lowest BCUT2D eigenvalue weighted by Crippen LogP contribution is -2.14. The number of aromatic nitrogens is 3. The molecule has 4 aromatic rings. The Labute approximate surface area is 142 Å². The Morgan fingerprint density at radius 3 is 2.96 bits per heavy atom. The van der Waals surface area contributed by atoms with Crippen LogP contribution >= 0.6 is 11.3 Å². The Bertz CT molecular complexity index is 1030. The smallest absolute Gasteiger partial charge is 0.228 e. The van der Waals surface area contributed by atoms with Crippen molar-refractivity contribution in [3.05, 3.63) is 54.4 Å². The Balaban J connectivity index is 1.51. The summed E-state index contributed by atoms with van der Waals surface area (Å²) in [6.07, 6.45) is 4.09. The minimum Gasteiger partial charge on any atom is -0.302 e. The highest BCUT2D eigenvalue weighted by atomic mass is 32.1. The Kier molecular flexibility index (Phi) is 3.74. The summed E-state index contributed by atoms with van der Waals surface area (Å²) in [5, 5.41) is 9.99. The minimum absolute atomic E-state index is 0.0495. The van der Waals surface area contributed by atoms with Crippen LogP contribution in [0.2, 0.25) is 0 Å². The van der Waals surface area contributed by atoms with E-state index in [1.165, 1.54) is 11.3 Å². The summed E-state index contributed by atoms with van der Waals surface area (Å²) in [4.78, 5) is 16.8. The molecule has 4 rings (SSSR count). The van der Waals surface area contributed by atoms with E-state index in [2.05, 4.69) is 39.7 Å². The standard InChI is InChI=1S/C18H16N4OS/c1-12-10-19-22(11-12)9-8-16(23)20-18-21-17-14-5-3-2-4-13(14)6-7-15(17)24-18/h2-7,10-11H,8-9H2,1H3,(H,20,21,23). The lowest BCUT2D eigenvalue weighted by molar-refractivity contribution is -0.116. The molecule has 5 nitrogen and oxygen atoms in total. The van der Waals surface area contributed by atoms with E-state index < -0.39 is 0 Å². The van der Waals surface area contributed by atoms with Gasteiger partial charge in [0.25, 0.3) is 0 Å². The number of amides is 1. The van der Waals surface area contributed by atoms with Crippen LogP contribution in [0.15, 0.2) is 48.8 Å². The lowest BCUT2D eigenvalue weighted by Gasteiger charge is -2.02. The molecule has 0 aliphatic heterocycles. The van der Waals surface area contributed by atoms with Gasteiger partial charge in [0.05, 0.1) is 16.4 Å². The highest BCUT2D eigenvalue weighted by Crippen LogP contribution is 2.31. The molecule has 6 heteroatoms. The molecule has 1 amide bonds. The van der Waals surface area contributed by atoms with Gasteiger partial charge in [-0.3, -0.25) is 9.48 Å². The number of nitrogens with zero attached hydrogens (tertiary/aromatic N) is 3. The van der Waals surface area contributed by atoms with Gasteiger partial charge in [0, 0.05) is 24.5 Å². The van der Waals surface area contributed by atoms with E-state index in [0.29, 0.717) is 18.1 Å². The molecule has 120 valence electrons. The van der Waals surface area contributed by atoms with E-state index in [-0.39, 0.29) is 5.91 Å². The highest BCUT2D eigenvalue weighted by molar-refractivity contribution is 7.22. The fraction of sp³-hybridized carbons (Fsp3) is 0.167. The molecule has 0 saturated carbocycles. The molecule has 2 aromatic heterocycles. The van der Waals surface area contributed by atoms with E-state index >= 15 is 0 Å². The van der Waals surface area contributed by atoms with Crippen LogP contribution in [-0.4, -0.2) is 20.7 Å². The van der Waals surface area contributed by atoms with Gasteiger partial charge < -0.3 is 5.32 Å². The molecule has 1 N–H and O–H groups in total. The highest BCUT2D eigenvalue weighted by Gasteiger charge is 2.10. The summed E-state index contributed by atoms with van der Waals surface area (Å²) in [5.74, 6) is -0.0495. The van der Waals surface area contributed by atoms with Crippen LogP contribution < -0.4 is 5.32 Å². The Morgan fingerprint density at radius 2 is 2.12 bits per heavy atom. The average molecular weight is 336 g/mol. The number of aryl methyl sites for hydroxylation is 2. The molecular weight excluding hydrogens is 320 g/mol. The van der Waals surface area contributed by atoms with Crippen molar-refractivity contribution >= 4 is 43.4 Å². The number of carbonyl (C=O) groups is 1. The summed E-state index contributed by atoms with van der Waals surface area (Å²) in [6, 6.07) is 12.3. The van der Waals surface area contributed by atoms with Gasteiger partial charge in [0.1, 0.15) is 0 Å². The number of nitrogens with one attached hydrogen (secondary N) is 1. The van der Waals surface area contributed by atoms with Gasteiger partial charge in [-0.15, -0.1) is 0 Å². The maximum absolute atomic E-state index is 12.1. The summed E-state index contributed by atoms with van der Waals surface area (Å²) < 4.78 is 2.85. The van der Waals surface area contributed by atoms with Crippen LogP contribution in [0.3, 0.4) is 0 Å². The van der Waals surface area contributed by atoms with Crippen LogP contribution in [0.5, 0.6) is 0 Å². The van der Waals surface area contributed by atoms with Crippen molar-refractivity contribution in [1.29, 1.82) is 0 Å². The third-order valence-corrected chi connectivity index (χ3v) is 4.80. The molecule has 0 fully saturated rings. The number of rotatable bonds is 4. The Morgan fingerprint density at radius 1 is 1.25 bits per heavy atom. The molecule has 0 radical (unpaired) electrons. The van der Waals surface area contributed by atoms with Crippen molar-refractivity contribution in [3.8, 4) is 0 Å². The number of benzene rings is 2. The zero-order chi connectivity index (χ0) is 16.5. The summed E-state index contributed by atoms with van der Waals surface area (Å²) in [6.45, 7) is 2.54. The van der Waals surface area contributed by atoms with E-state index in [9.17, 15) is 4.79 Å². The molecule has 2 aromatic carbocycles. The van der Waals surface area contributed by atoms with Gasteiger partial charge >= 0.3 is 0 Å². The molecule has 2 heterocycles. The normalized spacial score (nSPS) is 11.2. The van der Waals surface area contributed by atoms with Crippen molar-refractivity contribution in [3.63, 3.8) is 0 Å². The second-order valence-electron chi connectivity index (χ2n) is 5.73. The van der Waals surface area contributed by atoms with Crippen LogP contribution in [0.1, 0.15) is 12.0 Å². The number of carbonyl (C=O) groups excluding carboxylic acids is 1. The number of thiazole rings is 1. The van der Waals surface area contributed by atoms with Gasteiger partial charge in [0.15, 0.2) is 5.13 Å².